The highest BCUT2D eigenvalue weighted by atomic mass is 35.5. The fraction of sp³-hybridized carbons (Fsp3) is 1.00. The molecule has 0 N–H and O–H groups in total. The van der Waals surface area contributed by atoms with Crippen LogP contribution in [0.1, 0.15) is 32.1 Å². The molecule has 0 nitrogen and oxygen atoms in total. The van der Waals surface area contributed by atoms with Crippen LogP contribution in [0, 0.1) is 0 Å². The summed E-state index contributed by atoms with van der Waals surface area (Å²) in [5, 5.41) is 0. The Kier molecular flexibility index (Phi) is 11.2. The lowest BCUT2D eigenvalue weighted by molar-refractivity contribution is 0.515. The van der Waals surface area contributed by atoms with Crippen molar-refractivity contribution in [3.05, 3.63) is 0 Å². The Hall–Kier alpha value is 1.10. The van der Waals surface area contributed by atoms with Crippen molar-refractivity contribution in [1.82, 2.24) is 0 Å². The van der Waals surface area contributed by atoms with E-state index in [1.807, 2.05) is 0 Å². The van der Waals surface area contributed by atoms with E-state index in [1.54, 1.807) is 0 Å². The summed E-state index contributed by atoms with van der Waals surface area (Å²) in [7, 11) is 0.790. The Morgan fingerprint density at radius 3 is 1.80 bits per heavy atom. The largest absolute Gasteiger partial charge is 0.163 e. The number of hydrogen-bond acceptors (Lipinski definition) is 1. The summed E-state index contributed by atoms with van der Waals surface area (Å²) in [6, 6.07) is 0. The first kappa shape index (κ1) is 13.7. The average Bonchev–Trinajstić information content (AvgIpc) is 1.90. The molecule has 0 aromatic carbocycles. The minimum absolute atomic E-state index is 0. The molecule has 0 heterocycles. The maximum Gasteiger partial charge on any atom is 0.163 e. The van der Waals surface area contributed by atoms with Gasteiger partial charge in [0, 0.05) is 0 Å². The maximum absolute atomic E-state index is 5.00. The van der Waals surface area contributed by atoms with Crippen LogP contribution in [0.4, 0.5) is 0 Å². The van der Waals surface area contributed by atoms with Gasteiger partial charge >= 0.3 is 0 Å². The van der Waals surface area contributed by atoms with Crippen LogP contribution in [-0.4, -0.2) is 5.66 Å². The lowest BCUT2D eigenvalue weighted by atomic mass is 10.0. The quantitative estimate of drug-likeness (QED) is 0.611. The van der Waals surface area contributed by atoms with Crippen molar-refractivity contribution in [3.63, 3.8) is 0 Å². The predicted molar refractivity (Wildman–Crippen MR) is 57.0 cm³/mol. The molecule has 62 valence electrons. The van der Waals surface area contributed by atoms with E-state index in [-0.39, 0.29) is 24.8 Å². The fourth-order valence-corrected chi connectivity index (χ4v) is 2.57. The van der Waals surface area contributed by atoms with Crippen molar-refractivity contribution in [1.29, 1.82) is 0 Å². The molecule has 0 saturated heterocycles. The number of halogens is 2. The van der Waals surface area contributed by atoms with Gasteiger partial charge in [-0.3, -0.25) is 0 Å². The molecule has 1 saturated carbocycles. The second kappa shape index (κ2) is 8.20. The first-order valence-electron chi connectivity index (χ1n) is 3.31. The molecule has 1 atom stereocenters. The van der Waals surface area contributed by atoms with Gasteiger partial charge in [-0.05, 0) is 25.7 Å². The molecule has 0 spiro atoms. The van der Waals surface area contributed by atoms with Gasteiger partial charge < -0.3 is 0 Å². The molecule has 0 amide bonds. The second-order valence-corrected chi connectivity index (χ2v) is 4.21. The Morgan fingerprint density at radius 1 is 1.00 bits per heavy atom. The highest BCUT2D eigenvalue weighted by Gasteiger charge is 2.15. The zero-order chi connectivity index (χ0) is 5.82. The van der Waals surface area contributed by atoms with Gasteiger partial charge in [0.15, 0.2) is 19.2 Å². The molecule has 1 rings (SSSR count). The molecule has 0 aliphatic heterocycles. The third-order valence-electron chi connectivity index (χ3n) is 1.77. The number of rotatable bonds is 1. The van der Waals surface area contributed by atoms with E-state index >= 15 is 0 Å². The molecular weight excluding hydrogens is 206 g/mol. The summed E-state index contributed by atoms with van der Waals surface area (Å²) >= 11 is 5.00. The molecule has 0 aromatic rings. The minimum atomic E-state index is 0. The van der Waals surface area contributed by atoms with Crippen LogP contribution in [0.5, 0.6) is 0 Å². The molecular formula is C6H14Cl2PS+. The SMILES string of the molecule is Cl.Cl.S=[PH+]C1CCCCC1. The normalized spacial score (nSPS) is 19.2. The van der Waals surface area contributed by atoms with E-state index in [2.05, 4.69) is 0 Å². The van der Waals surface area contributed by atoms with Crippen LogP contribution in [0.25, 0.3) is 0 Å². The molecule has 0 bridgehead atoms. The molecule has 1 aliphatic carbocycles. The van der Waals surface area contributed by atoms with Crippen LogP contribution < -0.4 is 0 Å². The molecule has 1 aliphatic rings. The summed E-state index contributed by atoms with van der Waals surface area (Å²) in [4.78, 5) is 0. The van der Waals surface area contributed by atoms with Crippen molar-refractivity contribution in [2.45, 2.75) is 37.8 Å². The lowest BCUT2D eigenvalue weighted by Gasteiger charge is -2.10. The van der Waals surface area contributed by atoms with Gasteiger partial charge in [-0.1, -0.05) is 6.42 Å². The van der Waals surface area contributed by atoms with Crippen LogP contribution in [0.3, 0.4) is 0 Å². The number of hydrogen-bond donors (Lipinski definition) is 0. The molecule has 4 heteroatoms. The topological polar surface area (TPSA) is 0 Å². The summed E-state index contributed by atoms with van der Waals surface area (Å²) in [5.41, 5.74) is 0.929. The summed E-state index contributed by atoms with van der Waals surface area (Å²) in [6.07, 6.45) is 7.17. The zero-order valence-corrected chi connectivity index (χ0v) is 9.29. The second-order valence-electron chi connectivity index (χ2n) is 2.45. The smallest absolute Gasteiger partial charge is 0.147 e. The van der Waals surface area contributed by atoms with Gasteiger partial charge in [0.05, 0.1) is 0 Å². The van der Waals surface area contributed by atoms with Crippen LogP contribution in [0.2, 0.25) is 0 Å². The minimum Gasteiger partial charge on any atom is -0.147 e. The zero-order valence-electron chi connectivity index (χ0n) is 5.84. The van der Waals surface area contributed by atoms with E-state index in [9.17, 15) is 0 Å². The van der Waals surface area contributed by atoms with Crippen LogP contribution >= 0.6 is 32.2 Å². The molecule has 0 aromatic heterocycles. The van der Waals surface area contributed by atoms with Crippen LogP contribution in [-0.2, 0) is 11.8 Å². The van der Waals surface area contributed by atoms with Crippen molar-refractivity contribution in [2.24, 2.45) is 0 Å². The van der Waals surface area contributed by atoms with E-state index in [0.717, 1.165) is 13.0 Å². The van der Waals surface area contributed by atoms with E-state index < -0.39 is 0 Å². The first-order chi connectivity index (χ1) is 3.93. The first-order valence-corrected chi connectivity index (χ1v) is 5.52. The van der Waals surface area contributed by atoms with E-state index in [0.29, 0.717) is 0 Å². The van der Waals surface area contributed by atoms with Gasteiger partial charge in [0.2, 0.25) is 0 Å². The van der Waals surface area contributed by atoms with Gasteiger partial charge in [-0.2, -0.15) is 0 Å². The monoisotopic (exact) mass is 219 g/mol. The molecule has 10 heavy (non-hydrogen) atoms. The van der Waals surface area contributed by atoms with E-state index in [1.165, 1.54) is 32.1 Å². The van der Waals surface area contributed by atoms with Gasteiger partial charge in [-0.25, -0.2) is 0 Å². The van der Waals surface area contributed by atoms with Gasteiger partial charge in [0.25, 0.3) is 0 Å². The summed E-state index contributed by atoms with van der Waals surface area (Å²) in [5.74, 6) is 0. The third kappa shape index (κ3) is 4.85. The molecule has 1 fully saturated rings. The van der Waals surface area contributed by atoms with Crippen molar-refractivity contribution < 1.29 is 0 Å². The Bertz CT molecular complexity index is 83.8. The summed E-state index contributed by atoms with van der Waals surface area (Å²) < 4.78 is 0. The van der Waals surface area contributed by atoms with Gasteiger partial charge in [0.1, 0.15) is 5.66 Å². The van der Waals surface area contributed by atoms with Gasteiger partial charge in [-0.15, -0.1) is 24.8 Å². The van der Waals surface area contributed by atoms with Crippen LogP contribution in [0.15, 0.2) is 0 Å². The maximum atomic E-state index is 5.00. The highest BCUT2D eigenvalue weighted by Crippen LogP contribution is 2.26. The lowest BCUT2D eigenvalue weighted by Crippen LogP contribution is -2.03. The van der Waals surface area contributed by atoms with E-state index in [4.69, 9.17) is 11.8 Å². The standard InChI is InChI=1S/C6H11PS.2ClH/c8-7-6-4-2-1-3-5-6;;/h6H,1-5H2;2*1H/p+1. The summed E-state index contributed by atoms with van der Waals surface area (Å²) in [6.45, 7) is 0. The van der Waals surface area contributed by atoms with Crippen molar-refractivity contribution in [3.8, 4) is 0 Å². The Balaban J connectivity index is 0. The Morgan fingerprint density at radius 2 is 1.50 bits per heavy atom. The average molecular weight is 220 g/mol. The Labute approximate surface area is 81.8 Å². The predicted octanol–water partition coefficient (Wildman–Crippen LogP) is 3.30. The molecule has 0 radical (unpaired) electrons. The molecule has 1 unspecified atom stereocenters. The fourth-order valence-electron chi connectivity index (χ4n) is 1.22. The van der Waals surface area contributed by atoms with Crippen molar-refractivity contribution >= 4 is 44.0 Å². The highest BCUT2D eigenvalue weighted by molar-refractivity contribution is 7.96. The van der Waals surface area contributed by atoms with Crippen molar-refractivity contribution in [2.75, 3.05) is 0 Å². The third-order valence-corrected chi connectivity index (χ3v) is 3.68.